The number of nitrogens with zero attached hydrogens (tertiary/aromatic N) is 2. The zero-order valence-corrected chi connectivity index (χ0v) is 17.7. The summed E-state index contributed by atoms with van der Waals surface area (Å²) in [6.45, 7) is 0.938. The highest BCUT2D eigenvalue weighted by atomic mass is 32.2. The molecule has 0 bridgehead atoms. The largest absolute Gasteiger partial charge is 0.495 e. The Morgan fingerprint density at radius 3 is 2.37 bits per heavy atom. The maximum Gasteiger partial charge on any atom is 0.255 e. The average molecular weight is 428 g/mol. The van der Waals surface area contributed by atoms with E-state index in [4.69, 9.17) is 10.00 Å². The molecule has 7 nitrogen and oxygen atoms in total. The number of hydrogen-bond acceptors (Lipinski definition) is 5. The minimum Gasteiger partial charge on any atom is -0.495 e. The maximum atomic E-state index is 13.2. The minimum atomic E-state index is -3.77. The number of rotatable bonds is 6. The van der Waals surface area contributed by atoms with Gasteiger partial charge < -0.3 is 10.1 Å². The van der Waals surface area contributed by atoms with Crippen LogP contribution in [0.15, 0.2) is 47.4 Å². The lowest BCUT2D eigenvalue weighted by atomic mass is 10.1. The van der Waals surface area contributed by atoms with Crippen LogP contribution in [0.25, 0.3) is 0 Å². The topological polar surface area (TPSA) is 99.5 Å². The fraction of sp³-hybridized carbons (Fsp3) is 0.364. The second kappa shape index (κ2) is 9.74. The van der Waals surface area contributed by atoms with Gasteiger partial charge in [-0.3, -0.25) is 4.79 Å². The Morgan fingerprint density at radius 2 is 1.77 bits per heavy atom. The van der Waals surface area contributed by atoms with E-state index in [2.05, 4.69) is 11.4 Å². The molecule has 1 aliphatic rings. The molecule has 0 saturated carbocycles. The minimum absolute atomic E-state index is 0.00363. The van der Waals surface area contributed by atoms with Crippen LogP contribution in [0.1, 0.15) is 41.6 Å². The highest BCUT2D eigenvalue weighted by molar-refractivity contribution is 7.89. The molecule has 0 aromatic heterocycles. The normalized spacial score (nSPS) is 15.1. The molecule has 1 saturated heterocycles. The Balaban J connectivity index is 1.86. The van der Waals surface area contributed by atoms with E-state index in [1.54, 1.807) is 30.3 Å². The smallest absolute Gasteiger partial charge is 0.255 e. The lowest BCUT2D eigenvalue weighted by Crippen LogP contribution is -2.32. The molecule has 0 aliphatic carbocycles. The molecule has 1 heterocycles. The van der Waals surface area contributed by atoms with E-state index in [1.165, 1.54) is 23.5 Å². The van der Waals surface area contributed by atoms with E-state index in [9.17, 15) is 13.2 Å². The third-order valence-electron chi connectivity index (χ3n) is 5.10. The number of carbonyl (C=O) groups excluding carboxylic acids is 1. The molecule has 158 valence electrons. The lowest BCUT2D eigenvalue weighted by Gasteiger charge is -2.21. The maximum absolute atomic E-state index is 13.2. The zero-order valence-electron chi connectivity index (χ0n) is 16.9. The summed E-state index contributed by atoms with van der Waals surface area (Å²) in [5.41, 5.74) is 1.64. The fourth-order valence-corrected chi connectivity index (χ4v) is 5.14. The Hall–Kier alpha value is -2.89. The van der Waals surface area contributed by atoms with Crippen LogP contribution in [0.4, 0.5) is 5.69 Å². The van der Waals surface area contributed by atoms with Crippen molar-refractivity contribution in [3.05, 3.63) is 53.6 Å². The van der Waals surface area contributed by atoms with Crippen molar-refractivity contribution in [3.63, 3.8) is 0 Å². The first kappa shape index (κ1) is 21.8. The molecule has 1 fully saturated rings. The van der Waals surface area contributed by atoms with E-state index in [-0.39, 0.29) is 16.2 Å². The van der Waals surface area contributed by atoms with E-state index < -0.39 is 15.9 Å². The number of sulfonamides is 1. The fourth-order valence-electron chi connectivity index (χ4n) is 3.44. The summed E-state index contributed by atoms with van der Waals surface area (Å²) < 4.78 is 33.2. The van der Waals surface area contributed by atoms with Crippen molar-refractivity contribution in [1.82, 2.24) is 4.31 Å². The lowest BCUT2D eigenvalue weighted by molar-refractivity contribution is 0.102. The van der Waals surface area contributed by atoms with Gasteiger partial charge in [-0.05, 0) is 48.7 Å². The van der Waals surface area contributed by atoms with Gasteiger partial charge in [-0.1, -0.05) is 25.0 Å². The third kappa shape index (κ3) is 4.99. The van der Waals surface area contributed by atoms with E-state index in [0.29, 0.717) is 25.2 Å². The third-order valence-corrected chi connectivity index (χ3v) is 7.02. The van der Waals surface area contributed by atoms with E-state index in [0.717, 1.165) is 31.2 Å². The van der Waals surface area contributed by atoms with E-state index >= 15 is 0 Å². The molecule has 2 aromatic rings. The molecule has 8 heteroatoms. The van der Waals surface area contributed by atoms with Crippen molar-refractivity contribution >= 4 is 21.6 Å². The zero-order chi connectivity index (χ0) is 21.6. The molecule has 0 unspecified atom stereocenters. The number of carbonyl (C=O) groups is 1. The molecule has 0 spiro atoms. The Morgan fingerprint density at radius 1 is 1.10 bits per heavy atom. The molecule has 0 atom stereocenters. The molecule has 3 rings (SSSR count). The standard InChI is InChI=1S/C22H25N3O4S/c1-29-20-11-8-18(22(26)24-19-9-6-17(7-10-19)12-13-23)16-21(20)30(27,28)25-14-4-2-3-5-15-25/h6-11,16H,2-5,12,14-15H2,1H3,(H,24,26). The van der Waals surface area contributed by atoms with Crippen molar-refractivity contribution in [2.24, 2.45) is 0 Å². The number of hydrogen-bond donors (Lipinski definition) is 1. The number of benzene rings is 2. The first-order valence-corrected chi connectivity index (χ1v) is 11.3. The first-order chi connectivity index (χ1) is 14.5. The molecule has 1 N–H and O–H groups in total. The monoisotopic (exact) mass is 427 g/mol. The van der Waals surface area contributed by atoms with Gasteiger partial charge in [-0.2, -0.15) is 9.57 Å². The van der Waals surface area contributed by atoms with E-state index in [1.807, 2.05) is 0 Å². The van der Waals surface area contributed by atoms with Crippen molar-refractivity contribution in [1.29, 1.82) is 5.26 Å². The second-order valence-electron chi connectivity index (χ2n) is 7.17. The molecule has 30 heavy (non-hydrogen) atoms. The Labute approximate surface area is 177 Å². The summed E-state index contributed by atoms with van der Waals surface area (Å²) in [5.74, 6) is -0.199. The van der Waals surface area contributed by atoms with Gasteiger partial charge in [0.25, 0.3) is 5.91 Å². The van der Waals surface area contributed by atoms with Gasteiger partial charge in [0.1, 0.15) is 10.6 Å². The SMILES string of the molecule is COc1ccc(C(=O)Nc2ccc(CC#N)cc2)cc1S(=O)(=O)N1CCCCCC1. The first-order valence-electron chi connectivity index (χ1n) is 9.91. The number of ether oxygens (including phenoxy) is 1. The van der Waals surface area contributed by atoms with Crippen LogP contribution in [-0.4, -0.2) is 38.8 Å². The average Bonchev–Trinajstić information content (AvgIpc) is 3.05. The Kier molecular flexibility index (Phi) is 7.08. The van der Waals surface area contributed by atoms with Crippen molar-refractivity contribution < 1.29 is 17.9 Å². The van der Waals surface area contributed by atoms with Gasteiger partial charge in [0, 0.05) is 24.3 Å². The molecule has 1 aliphatic heterocycles. The molecular formula is C22H25N3O4S. The number of methoxy groups -OCH3 is 1. The quantitative estimate of drug-likeness (QED) is 0.760. The highest BCUT2D eigenvalue weighted by Gasteiger charge is 2.29. The summed E-state index contributed by atoms with van der Waals surface area (Å²) >= 11 is 0. The van der Waals surface area contributed by atoms with Crippen LogP contribution < -0.4 is 10.1 Å². The summed E-state index contributed by atoms with van der Waals surface area (Å²) in [5, 5.41) is 11.5. The predicted octanol–water partition coefficient (Wildman–Crippen LogP) is 3.58. The second-order valence-corrected chi connectivity index (χ2v) is 9.08. The van der Waals surface area contributed by atoms with Crippen LogP contribution >= 0.6 is 0 Å². The summed E-state index contributed by atoms with van der Waals surface area (Å²) in [7, 11) is -2.36. The molecule has 2 aromatic carbocycles. The summed E-state index contributed by atoms with van der Waals surface area (Å²) in [6.07, 6.45) is 3.97. The Bertz CT molecular complexity index is 1040. The number of nitrogens with one attached hydrogen (secondary N) is 1. The van der Waals surface area contributed by atoms with Crippen LogP contribution in [0, 0.1) is 11.3 Å². The van der Waals surface area contributed by atoms with Gasteiger partial charge in [-0.15, -0.1) is 0 Å². The summed E-state index contributed by atoms with van der Waals surface area (Å²) in [4.78, 5) is 12.7. The van der Waals surface area contributed by atoms with Crippen molar-refractivity contribution in [2.45, 2.75) is 37.0 Å². The van der Waals surface area contributed by atoms with Gasteiger partial charge in [0.05, 0.1) is 19.6 Å². The molecular weight excluding hydrogens is 402 g/mol. The van der Waals surface area contributed by atoms with Crippen LogP contribution in [-0.2, 0) is 16.4 Å². The molecule has 1 amide bonds. The predicted molar refractivity (Wildman–Crippen MR) is 114 cm³/mol. The van der Waals surface area contributed by atoms with Crippen molar-refractivity contribution in [3.8, 4) is 11.8 Å². The van der Waals surface area contributed by atoms with Crippen LogP contribution in [0.5, 0.6) is 5.75 Å². The highest BCUT2D eigenvalue weighted by Crippen LogP contribution is 2.29. The van der Waals surface area contributed by atoms with Crippen LogP contribution in [0.2, 0.25) is 0 Å². The number of amides is 1. The van der Waals surface area contributed by atoms with Crippen molar-refractivity contribution in [2.75, 3.05) is 25.5 Å². The van der Waals surface area contributed by atoms with Crippen LogP contribution in [0.3, 0.4) is 0 Å². The molecule has 0 radical (unpaired) electrons. The van der Waals surface area contributed by atoms with Gasteiger partial charge in [0.15, 0.2) is 0 Å². The summed E-state index contributed by atoms with van der Waals surface area (Å²) in [6, 6.07) is 13.5. The number of anilines is 1. The van der Waals surface area contributed by atoms with Gasteiger partial charge in [0.2, 0.25) is 10.0 Å². The van der Waals surface area contributed by atoms with Gasteiger partial charge >= 0.3 is 0 Å². The number of nitriles is 1. The van der Waals surface area contributed by atoms with Gasteiger partial charge in [-0.25, -0.2) is 8.42 Å².